The van der Waals surface area contributed by atoms with Crippen molar-refractivity contribution in [2.24, 2.45) is 0 Å². The van der Waals surface area contributed by atoms with E-state index in [2.05, 4.69) is 15.0 Å². The van der Waals surface area contributed by atoms with Crippen molar-refractivity contribution < 1.29 is 0 Å². The SMILES string of the molecule is Cc1cnc(Sc2nccc(C)c2N)nc1. The molecule has 0 fully saturated rings. The van der Waals surface area contributed by atoms with Gasteiger partial charge in [-0.15, -0.1) is 0 Å². The van der Waals surface area contributed by atoms with Crippen LogP contribution in [0, 0.1) is 13.8 Å². The molecule has 0 bridgehead atoms. The van der Waals surface area contributed by atoms with Crippen LogP contribution in [0.5, 0.6) is 0 Å². The molecule has 16 heavy (non-hydrogen) atoms. The number of hydrogen-bond acceptors (Lipinski definition) is 5. The van der Waals surface area contributed by atoms with Crippen LogP contribution in [0.15, 0.2) is 34.8 Å². The second-order valence-corrected chi connectivity index (χ2v) is 4.45. The summed E-state index contributed by atoms with van der Waals surface area (Å²) in [5.74, 6) is 0. The molecule has 2 aromatic heterocycles. The molecule has 0 aliphatic carbocycles. The Labute approximate surface area is 98.3 Å². The summed E-state index contributed by atoms with van der Waals surface area (Å²) in [5, 5.41) is 1.42. The zero-order valence-electron chi connectivity index (χ0n) is 9.14. The maximum absolute atomic E-state index is 5.92. The largest absolute Gasteiger partial charge is 0.396 e. The van der Waals surface area contributed by atoms with Gasteiger partial charge in [-0.05, 0) is 42.8 Å². The molecule has 0 amide bonds. The molecule has 0 radical (unpaired) electrons. The van der Waals surface area contributed by atoms with Crippen LogP contribution in [0.4, 0.5) is 5.69 Å². The minimum Gasteiger partial charge on any atom is -0.396 e. The third-order valence-corrected chi connectivity index (χ3v) is 3.03. The summed E-state index contributed by atoms with van der Waals surface area (Å²) in [5.41, 5.74) is 8.67. The Bertz CT molecular complexity index is 496. The van der Waals surface area contributed by atoms with E-state index in [0.29, 0.717) is 10.8 Å². The summed E-state index contributed by atoms with van der Waals surface area (Å²) in [6.45, 7) is 3.91. The molecule has 82 valence electrons. The molecule has 0 spiro atoms. The lowest BCUT2D eigenvalue weighted by Gasteiger charge is -2.05. The second-order valence-electron chi connectivity index (χ2n) is 3.49. The van der Waals surface area contributed by atoms with Gasteiger partial charge in [-0.3, -0.25) is 0 Å². The number of aromatic nitrogens is 3. The van der Waals surface area contributed by atoms with Gasteiger partial charge >= 0.3 is 0 Å². The van der Waals surface area contributed by atoms with Crippen LogP contribution < -0.4 is 5.73 Å². The lowest BCUT2D eigenvalue weighted by molar-refractivity contribution is 0.945. The van der Waals surface area contributed by atoms with E-state index >= 15 is 0 Å². The third-order valence-electron chi connectivity index (χ3n) is 2.12. The lowest BCUT2D eigenvalue weighted by Crippen LogP contribution is -1.96. The molecular weight excluding hydrogens is 220 g/mol. The Kier molecular flexibility index (Phi) is 3.05. The van der Waals surface area contributed by atoms with E-state index in [-0.39, 0.29) is 0 Å². The van der Waals surface area contributed by atoms with Gasteiger partial charge in [0.2, 0.25) is 0 Å². The zero-order chi connectivity index (χ0) is 11.5. The highest BCUT2D eigenvalue weighted by Gasteiger charge is 2.06. The van der Waals surface area contributed by atoms with Crippen molar-refractivity contribution in [3.05, 3.63) is 35.8 Å². The number of pyridine rings is 1. The van der Waals surface area contributed by atoms with Crippen molar-refractivity contribution in [1.82, 2.24) is 15.0 Å². The van der Waals surface area contributed by atoms with E-state index in [9.17, 15) is 0 Å². The Balaban J connectivity index is 2.27. The third kappa shape index (κ3) is 2.30. The quantitative estimate of drug-likeness (QED) is 0.804. The highest BCUT2D eigenvalue weighted by molar-refractivity contribution is 7.99. The average Bonchev–Trinajstić information content (AvgIpc) is 2.28. The first-order chi connectivity index (χ1) is 7.66. The van der Waals surface area contributed by atoms with Crippen LogP contribution in [0.2, 0.25) is 0 Å². The fraction of sp³-hybridized carbons (Fsp3) is 0.182. The highest BCUT2D eigenvalue weighted by atomic mass is 32.2. The van der Waals surface area contributed by atoms with Gasteiger partial charge in [0.1, 0.15) is 5.03 Å². The predicted molar refractivity (Wildman–Crippen MR) is 64.3 cm³/mol. The molecule has 2 rings (SSSR count). The van der Waals surface area contributed by atoms with E-state index < -0.39 is 0 Å². The summed E-state index contributed by atoms with van der Waals surface area (Å²) in [7, 11) is 0. The van der Waals surface area contributed by atoms with Crippen LogP contribution in [0.1, 0.15) is 11.1 Å². The molecule has 0 aliphatic rings. The van der Waals surface area contributed by atoms with Gasteiger partial charge in [-0.25, -0.2) is 15.0 Å². The van der Waals surface area contributed by atoms with Crippen molar-refractivity contribution >= 4 is 17.4 Å². The van der Waals surface area contributed by atoms with Crippen molar-refractivity contribution in [2.75, 3.05) is 5.73 Å². The standard InChI is InChI=1S/C11H12N4S/c1-7-5-14-11(15-6-7)16-10-9(12)8(2)3-4-13-10/h3-6H,12H2,1-2H3. The molecule has 0 saturated heterocycles. The van der Waals surface area contributed by atoms with Crippen molar-refractivity contribution in [3.63, 3.8) is 0 Å². The van der Waals surface area contributed by atoms with Gasteiger partial charge in [0.25, 0.3) is 0 Å². The van der Waals surface area contributed by atoms with E-state index in [1.807, 2.05) is 19.9 Å². The van der Waals surface area contributed by atoms with Gasteiger partial charge in [-0.1, -0.05) is 0 Å². The second kappa shape index (κ2) is 4.49. The fourth-order valence-corrected chi connectivity index (χ4v) is 1.91. The van der Waals surface area contributed by atoms with Crippen LogP contribution >= 0.6 is 11.8 Å². The first-order valence-corrected chi connectivity index (χ1v) is 5.66. The molecule has 2 aromatic rings. The van der Waals surface area contributed by atoms with Gasteiger partial charge in [0, 0.05) is 18.6 Å². The van der Waals surface area contributed by atoms with Gasteiger partial charge < -0.3 is 5.73 Å². The van der Waals surface area contributed by atoms with Crippen LogP contribution in [0.25, 0.3) is 0 Å². The van der Waals surface area contributed by atoms with Crippen molar-refractivity contribution in [1.29, 1.82) is 0 Å². The van der Waals surface area contributed by atoms with Crippen molar-refractivity contribution in [3.8, 4) is 0 Å². The molecule has 0 aliphatic heterocycles. The van der Waals surface area contributed by atoms with Gasteiger partial charge in [0.15, 0.2) is 5.16 Å². The van der Waals surface area contributed by atoms with E-state index in [1.165, 1.54) is 11.8 Å². The number of rotatable bonds is 2. The normalized spacial score (nSPS) is 10.4. The van der Waals surface area contributed by atoms with Crippen LogP contribution in [-0.2, 0) is 0 Å². The molecular formula is C11H12N4S. The van der Waals surface area contributed by atoms with E-state index in [0.717, 1.165) is 16.2 Å². The number of nitrogens with two attached hydrogens (primary N) is 1. The topological polar surface area (TPSA) is 64.7 Å². The Morgan fingerprint density at radius 3 is 2.50 bits per heavy atom. The van der Waals surface area contributed by atoms with Gasteiger partial charge in [-0.2, -0.15) is 0 Å². The first kappa shape index (κ1) is 10.9. The number of aryl methyl sites for hydroxylation is 2. The van der Waals surface area contributed by atoms with Gasteiger partial charge in [0.05, 0.1) is 5.69 Å². The summed E-state index contributed by atoms with van der Waals surface area (Å²) >= 11 is 1.38. The maximum Gasteiger partial charge on any atom is 0.193 e. The smallest absolute Gasteiger partial charge is 0.193 e. The summed E-state index contributed by atoms with van der Waals surface area (Å²) in [6, 6.07) is 1.88. The molecule has 0 saturated carbocycles. The lowest BCUT2D eigenvalue weighted by atomic mass is 10.3. The molecule has 2 N–H and O–H groups in total. The predicted octanol–water partition coefficient (Wildman–Crippen LogP) is 2.22. The maximum atomic E-state index is 5.92. The zero-order valence-corrected chi connectivity index (χ0v) is 9.95. The Morgan fingerprint density at radius 1 is 1.12 bits per heavy atom. The molecule has 4 nitrogen and oxygen atoms in total. The number of nitrogens with zero attached hydrogens (tertiary/aromatic N) is 3. The first-order valence-electron chi connectivity index (χ1n) is 4.84. The minimum atomic E-state index is 0.662. The monoisotopic (exact) mass is 232 g/mol. The minimum absolute atomic E-state index is 0.662. The molecule has 0 atom stereocenters. The summed E-state index contributed by atoms with van der Waals surface area (Å²) in [6.07, 6.45) is 5.30. The fourth-order valence-electron chi connectivity index (χ4n) is 1.15. The number of anilines is 1. The number of nitrogen functional groups attached to an aromatic ring is 1. The Morgan fingerprint density at radius 2 is 1.81 bits per heavy atom. The number of hydrogen-bond donors (Lipinski definition) is 1. The molecule has 0 unspecified atom stereocenters. The molecule has 0 aromatic carbocycles. The summed E-state index contributed by atoms with van der Waals surface area (Å²) in [4.78, 5) is 12.6. The summed E-state index contributed by atoms with van der Waals surface area (Å²) < 4.78 is 0. The highest BCUT2D eigenvalue weighted by Crippen LogP contribution is 2.28. The average molecular weight is 232 g/mol. The Hall–Kier alpha value is -1.62. The molecule has 5 heteroatoms. The molecule has 2 heterocycles. The van der Waals surface area contributed by atoms with E-state index in [1.54, 1.807) is 18.6 Å². The van der Waals surface area contributed by atoms with Crippen LogP contribution in [0.3, 0.4) is 0 Å². The van der Waals surface area contributed by atoms with Crippen LogP contribution in [-0.4, -0.2) is 15.0 Å². The van der Waals surface area contributed by atoms with Crippen molar-refractivity contribution in [2.45, 2.75) is 24.0 Å². The van der Waals surface area contributed by atoms with E-state index in [4.69, 9.17) is 5.73 Å².